The summed E-state index contributed by atoms with van der Waals surface area (Å²) in [5.41, 5.74) is 0.587. The van der Waals surface area contributed by atoms with E-state index in [-0.39, 0.29) is 12.1 Å². The van der Waals surface area contributed by atoms with Gasteiger partial charge in [0.25, 0.3) is 0 Å². The third-order valence-electron chi connectivity index (χ3n) is 4.22. The van der Waals surface area contributed by atoms with Crippen molar-refractivity contribution in [3.63, 3.8) is 0 Å². The number of rotatable bonds is 8. The van der Waals surface area contributed by atoms with Crippen LogP contribution in [-0.4, -0.2) is 41.7 Å². The van der Waals surface area contributed by atoms with Gasteiger partial charge in [0.15, 0.2) is 0 Å². The molecule has 0 aromatic heterocycles. The van der Waals surface area contributed by atoms with Crippen LogP contribution >= 0.6 is 17.9 Å². The fourth-order valence-corrected chi connectivity index (χ4v) is 10.2. The van der Waals surface area contributed by atoms with Crippen LogP contribution in [0.3, 0.4) is 0 Å². The Bertz CT molecular complexity index is 698. The fraction of sp³-hybridized carbons (Fsp3) is 0.450. The number of esters is 1. The van der Waals surface area contributed by atoms with Gasteiger partial charge in [0.1, 0.15) is 0 Å². The molecule has 4 nitrogen and oxygen atoms in total. The Hall–Kier alpha value is -0.860. The molecule has 1 unspecified atom stereocenters. The molecule has 1 saturated heterocycles. The molecular weight excluding hydrogens is 503 g/mol. The summed E-state index contributed by atoms with van der Waals surface area (Å²) >= 11 is -3.30. The second-order valence-corrected chi connectivity index (χ2v) is 19.8. The first-order chi connectivity index (χ1) is 12.9. The molecule has 7 heteroatoms. The van der Waals surface area contributed by atoms with Crippen LogP contribution in [0.4, 0.5) is 0 Å². The molecule has 0 bridgehead atoms. The normalized spacial score (nSPS) is 19.7. The Morgan fingerprint density at radius 1 is 1.33 bits per heavy atom. The van der Waals surface area contributed by atoms with Gasteiger partial charge in [-0.15, -0.1) is 0 Å². The van der Waals surface area contributed by atoms with E-state index >= 15 is 0 Å². The van der Waals surface area contributed by atoms with Crippen molar-refractivity contribution < 1.29 is 19.0 Å². The maximum atomic E-state index is 12.3. The van der Waals surface area contributed by atoms with Gasteiger partial charge in [0.2, 0.25) is 0 Å². The van der Waals surface area contributed by atoms with Crippen molar-refractivity contribution in [2.75, 3.05) is 13.7 Å². The average molecular weight is 529 g/mol. The number of hydrogen-bond acceptors (Lipinski definition) is 4. The van der Waals surface area contributed by atoms with E-state index in [0.29, 0.717) is 35.2 Å². The van der Waals surface area contributed by atoms with Crippen LogP contribution in [-0.2, 0) is 14.3 Å². The number of hydrogen-bond donors (Lipinski definition) is 0. The molecule has 0 N–H and O–H groups in total. The van der Waals surface area contributed by atoms with Gasteiger partial charge in [-0.05, 0) is 0 Å². The Morgan fingerprint density at radius 2 is 2.04 bits per heavy atom. The summed E-state index contributed by atoms with van der Waals surface area (Å²) in [6.45, 7) is 4.06. The van der Waals surface area contributed by atoms with Gasteiger partial charge in [0.05, 0.1) is 0 Å². The van der Waals surface area contributed by atoms with Crippen LogP contribution in [0.2, 0.25) is 4.47 Å². The first kappa shape index (κ1) is 22.4. The number of halogens is 2. The van der Waals surface area contributed by atoms with E-state index in [9.17, 15) is 4.79 Å². The van der Waals surface area contributed by atoms with Crippen molar-refractivity contribution in [2.45, 2.75) is 43.7 Å². The van der Waals surface area contributed by atoms with Gasteiger partial charge < -0.3 is 0 Å². The predicted octanol–water partition coefficient (Wildman–Crippen LogP) is 4.78. The fourth-order valence-electron chi connectivity index (χ4n) is 2.82. The molecule has 150 valence electrons. The molecule has 1 aliphatic heterocycles. The molecular formula is C20H26Cl2O4Te. The summed E-state index contributed by atoms with van der Waals surface area (Å²) in [6.07, 6.45) is 5.77. The Balaban J connectivity index is 2.11. The first-order valence-electron chi connectivity index (χ1n) is 8.92. The molecule has 1 aromatic carbocycles. The molecule has 1 aromatic rings. The summed E-state index contributed by atoms with van der Waals surface area (Å²) in [7, 11) is 15.2. The van der Waals surface area contributed by atoms with E-state index < -0.39 is 15.9 Å². The van der Waals surface area contributed by atoms with E-state index in [1.165, 1.54) is 0 Å². The molecule has 0 aliphatic carbocycles. The van der Waals surface area contributed by atoms with Crippen LogP contribution in [0, 0.1) is 0 Å². The monoisotopic (exact) mass is 530 g/mol. The summed E-state index contributed by atoms with van der Waals surface area (Å²) in [5.74, 6) is 1.17. The second-order valence-electron chi connectivity index (χ2n) is 6.09. The molecule has 0 saturated carbocycles. The van der Waals surface area contributed by atoms with E-state index in [4.69, 9.17) is 32.1 Å². The van der Waals surface area contributed by atoms with Gasteiger partial charge >= 0.3 is 173 Å². The molecule has 27 heavy (non-hydrogen) atoms. The molecule has 1 aliphatic rings. The van der Waals surface area contributed by atoms with Crippen molar-refractivity contribution in [3.05, 3.63) is 47.7 Å². The standard InChI is InChI=1S/C20H26Cl2O4Te/c1-4-6-7-18(20(23)25-5-2)19-13-10-16(26-19)14-27(21,22)17-11-8-15(24-3)9-12-17/h4,6,8-9,11-12,16H,5,7,10,13-14H2,1-3H3/b6-4+,19-18-. The molecule has 1 atom stereocenters. The van der Waals surface area contributed by atoms with E-state index in [1.807, 2.05) is 43.3 Å². The third-order valence-corrected chi connectivity index (χ3v) is 13.3. The Labute approximate surface area is 172 Å². The van der Waals surface area contributed by atoms with Crippen LogP contribution in [0.15, 0.2) is 47.7 Å². The number of benzene rings is 1. The number of carbonyl (C=O) groups is 1. The second kappa shape index (κ2) is 10.6. The van der Waals surface area contributed by atoms with Crippen LogP contribution in [0.5, 0.6) is 5.75 Å². The zero-order valence-corrected chi connectivity index (χ0v) is 19.7. The number of carbonyl (C=O) groups excluding carboxylic acids is 1. The van der Waals surface area contributed by atoms with Gasteiger partial charge in [0, 0.05) is 0 Å². The van der Waals surface area contributed by atoms with Gasteiger partial charge in [-0.2, -0.15) is 0 Å². The summed E-state index contributed by atoms with van der Waals surface area (Å²) < 4.78 is 18.0. The van der Waals surface area contributed by atoms with Crippen molar-refractivity contribution in [2.24, 2.45) is 0 Å². The SMILES string of the molecule is C/C=C/C/C(C(=O)OCC)=C1\CCC(C[Te](Cl)(Cl)c2ccc(OC)cc2)O1. The van der Waals surface area contributed by atoms with Crippen molar-refractivity contribution >= 4 is 43.4 Å². The van der Waals surface area contributed by atoms with Crippen molar-refractivity contribution in [1.82, 2.24) is 0 Å². The minimum absolute atomic E-state index is 0.0756. The van der Waals surface area contributed by atoms with Crippen LogP contribution in [0.1, 0.15) is 33.1 Å². The van der Waals surface area contributed by atoms with Crippen LogP contribution in [0.25, 0.3) is 0 Å². The quantitative estimate of drug-likeness (QED) is 0.211. The Kier molecular flexibility index (Phi) is 8.82. The molecule has 1 heterocycles. The molecule has 1 fully saturated rings. The molecule has 0 amide bonds. The number of methoxy groups -OCH3 is 1. The van der Waals surface area contributed by atoms with Crippen LogP contribution < -0.4 is 8.35 Å². The number of allylic oxidation sites excluding steroid dienone is 3. The summed E-state index contributed by atoms with van der Waals surface area (Å²) in [4.78, 5) is 12.3. The molecule has 0 radical (unpaired) electrons. The third kappa shape index (κ3) is 6.32. The predicted molar refractivity (Wildman–Crippen MR) is 112 cm³/mol. The Morgan fingerprint density at radius 3 is 2.63 bits per heavy atom. The zero-order chi connectivity index (χ0) is 19.9. The average Bonchev–Trinajstić information content (AvgIpc) is 3.09. The van der Waals surface area contributed by atoms with E-state index in [1.54, 1.807) is 14.0 Å². The topological polar surface area (TPSA) is 44.8 Å². The summed E-state index contributed by atoms with van der Waals surface area (Å²) in [5, 5.41) is 0. The minimum atomic E-state index is -3.30. The van der Waals surface area contributed by atoms with Crippen molar-refractivity contribution in [1.29, 1.82) is 0 Å². The van der Waals surface area contributed by atoms with Gasteiger partial charge in [-0.3, -0.25) is 0 Å². The molecule has 2 rings (SSSR count). The van der Waals surface area contributed by atoms with Crippen molar-refractivity contribution in [3.8, 4) is 5.75 Å². The van der Waals surface area contributed by atoms with Gasteiger partial charge in [-0.1, -0.05) is 0 Å². The summed E-state index contributed by atoms with van der Waals surface area (Å²) in [6, 6.07) is 7.61. The van der Waals surface area contributed by atoms with Gasteiger partial charge in [-0.25, -0.2) is 0 Å². The first-order valence-corrected chi connectivity index (χ1v) is 17.6. The van der Waals surface area contributed by atoms with E-state index in [2.05, 4.69) is 0 Å². The maximum absolute atomic E-state index is 12.3. The number of ether oxygens (including phenoxy) is 3. The zero-order valence-electron chi connectivity index (χ0n) is 15.9. The molecule has 0 spiro atoms. The van der Waals surface area contributed by atoms with E-state index in [0.717, 1.165) is 15.8 Å².